The smallest absolute Gasteiger partial charge is 0.311 e. The number of hydrogen-bond acceptors (Lipinski definition) is 3. The number of aliphatic carboxylic acids is 1. The lowest BCUT2D eigenvalue weighted by atomic mass is 9.95. The fraction of sp³-hybridized carbons (Fsp3) is 0.400. The molecule has 0 spiro atoms. The van der Waals surface area contributed by atoms with Gasteiger partial charge in [-0.15, -0.1) is 0 Å². The summed E-state index contributed by atoms with van der Waals surface area (Å²) in [5.74, 6) is -1.20. The van der Waals surface area contributed by atoms with E-state index in [1.807, 2.05) is 12.2 Å². The summed E-state index contributed by atoms with van der Waals surface area (Å²) < 4.78 is 5.00. The SMILES string of the molecule is CCCC=CCC(C(=O)O)c1ccc(O)c(OC)c1. The molecule has 0 aliphatic rings. The van der Waals surface area contributed by atoms with Gasteiger partial charge in [-0.1, -0.05) is 31.6 Å². The molecule has 1 aromatic carbocycles. The highest BCUT2D eigenvalue weighted by molar-refractivity contribution is 5.76. The number of methoxy groups -OCH3 is 1. The number of carboxylic acid groups (broad SMARTS) is 1. The zero-order chi connectivity index (χ0) is 14.3. The number of ether oxygens (including phenoxy) is 1. The minimum atomic E-state index is -0.881. The number of phenolic OH excluding ortho intramolecular Hbond substituents is 1. The molecular formula is C15H20O4. The zero-order valence-corrected chi connectivity index (χ0v) is 11.3. The Morgan fingerprint density at radius 1 is 1.42 bits per heavy atom. The van der Waals surface area contributed by atoms with Gasteiger partial charge in [0.1, 0.15) is 0 Å². The van der Waals surface area contributed by atoms with Crippen LogP contribution in [0.4, 0.5) is 0 Å². The molecule has 0 bridgehead atoms. The maximum absolute atomic E-state index is 11.3. The predicted molar refractivity (Wildman–Crippen MR) is 73.7 cm³/mol. The lowest BCUT2D eigenvalue weighted by Gasteiger charge is -2.12. The van der Waals surface area contributed by atoms with Gasteiger partial charge in [-0.3, -0.25) is 4.79 Å². The van der Waals surface area contributed by atoms with Crippen LogP contribution in [0.15, 0.2) is 30.4 Å². The lowest BCUT2D eigenvalue weighted by molar-refractivity contribution is -0.138. The van der Waals surface area contributed by atoms with Gasteiger partial charge in [-0.05, 0) is 30.5 Å². The first kappa shape index (κ1) is 15.1. The van der Waals surface area contributed by atoms with Crippen molar-refractivity contribution in [2.75, 3.05) is 7.11 Å². The van der Waals surface area contributed by atoms with Gasteiger partial charge >= 0.3 is 5.97 Å². The van der Waals surface area contributed by atoms with Crippen molar-refractivity contribution in [1.82, 2.24) is 0 Å². The second-order valence-electron chi connectivity index (χ2n) is 4.32. The van der Waals surface area contributed by atoms with Gasteiger partial charge < -0.3 is 14.9 Å². The number of aromatic hydroxyl groups is 1. The molecule has 4 heteroatoms. The summed E-state index contributed by atoms with van der Waals surface area (Å²) in [7, 11) is 1.44. The topological polar surface area (TPSA) is 66.8 Å². The Balaban J connectivity index is 2.90. The molecule has 2 N–H and O–H groups in total. The van der Waals surface area contributed by atoms with Crippen molar-refractivity contribution >= 4 is 5.97 Å². The van der Waals surface area contributed by atoms with Gasteiger partial charge in [0.2, 0.25) is 0 Å². The van der Waals surface area contributed by atoms with E-state index in [2.05, 4.69) is 6.92 Å². The van der Waals surface area contributed by atoms with E-state index in [0.717, 1.165) is 12.8 Å². The molecule has 0 radical (unpaired) electrons. The molecule has 0 heterocycles. The third-order valence-electron chi connectivity index (χ3n) is 2.90. The number of phenols is 1. The van der Waals surface area contributed by atoms with Crippen molar-refractivity contribution in [3.63, 3.8) is 0 Å². The molecule has 1 rings (SSSR count). The van der Waals surface area contributed by atoms with Crippen LogP contribution in [-0.2, 0) is 4.79 Å². The molecular weight excluding hydrogens is 244 g/mol. The number of allylic oxidation sites excluding steroid dienone is 2. The van der Waals surface area contributed by atoms with Crippen molar-refractivity contribution in [2.45, 2.75) is 32.1 Å². The molecule has 1 atom stereocenters. The molecule has 104 valence electrons. The normalized spacial score (nSPS) is 12.5. The van der Waals surface area contributed by atoms with Crippen molar-refractivity contribution in [1.29, 1.82) is 0 Å². The summed E-state index contributed by atoms with van der Waals surface area (Å²) in [5, 5.41) is 18.8. The Kier molecular flexibility index (Phi) is 5.93. The van der Waals surface area contributed by atoms with E-state index in [1.165, 1.54) is 13.2 Å². The second kappa shape index (κ2) is 7.46. The van der Waals surface area contributed by atoms with Crippen LogP contribution in [0, 0.1) is 0 Å². The standard InChI is InChI=1S/C15H20O4/c1-3-4-5-6-7-12(15(17)18)11-8-9-13(16)14(10-11)19-2/h5-6,8-10,12,16H,3-4,7H2,1-2H3,(H,17,18). The van der Waals surface area contributed by atoms with Gasteiger partial charge in [0.05, 0.1) is 13.0 Å². The van der Waals surface area contributed by atoms with Gasteiger partial charge in [0, 0.05) is 0 Å². The monoisotopic (exact) mass is 264 g/mol. The molecule has 0 saturated carbocycles. The highest BCUT2D eigenvalue weighted by Gasteiger charge is 2.19. The molecule has 0 fully saturated rings. The minimum Gasteiger partial charge on any atom is -0.504 e. The Hall–Kier alpha value is -1.97. The molecule has 1 unspecified atom stereocenters. The maximum atomic E-state index is 11.3. The van der Waals surface area contributed by atoms with Crippen LogP contribution in [-0.4, -0.2) is 23.3 Å². The van der Waals surface area contributed by atoms with E-state index in [-0.39, 0.29) is 5.75 Å². The molecule has 0 aromatic heterocycles. The maximum Gasteiger partial charge on any atom is 0.311 e. The highest BCUT2D eigenvalue weighted by Crippen LogP contribution is 2.31. The van der Waals surface area contributed by atoms with E-state index in [9.17, 15) is 15.0 Å². The Morgan fingerprint density at radius 3 is 2.74 bits per heavy atom. The Bertz CT molecular complexity index is 451. The lowest BCUT2D eigenvalue weighted by Crippen LogP contribution is -2.10. The van der Waals surface area contributed by atoms with Gasteiger partial charge in [0.15, 0.2) is 11.5 Å². The Morgan fingerprint density at radius 2 is 2.16 bits per heavy atom. The Labute approximate surface area is 113 Å². The summed E-state index contributed by atoms with van der Waals surface area (Å²) in [4.78, 5) is 11.3. The van der Waals surface area contributed by atoms with Crippen LogP contribution in [0.5, 0.6) is 11.5 Å². The van der Waals surface area contributed by atoms with Crippen LogP contribution < -0.4 is 4.74 Å². The average molecular weight is 264 g/mol. The molecule has 19 heavy (non-hydrogen) atoms. The van der Waals surface area contributed by atoms with E-state index in [0.29, 0.717) is 17.7 Å². The van der Waals surface area contributed by atoms with Crippen LogP contribution >= 0.6 is 0 Å². The third kappa shape index (κ3) is 4.32. The van der Waals surface area contributed by atoms with E-state index in [4.69, 9.17) is 4.74 Å². The molecule has 0 amide bonds. The quantitative estimate of drug-likeness (QED) is 0.741. The summed E-state index contributed by atoms with van der Waals surface area (Å²) in [6.45, 7) is 2.07. The first-order chi connectivity index (χ1) is 9.10. The number of carbonyl (C=O) groups is 1. The molecule has 1 aromatic rings. The number of hydrogen-bond donors (Lipinski definition) is 2. The molecule has 0 aliphatic heterocycles. The highest BCUT2D eigenvalue weighted by atomic mass is 16.5. The third-order valence-corrected chi connectivity index (χ3v) is 2.90. The largest absolute Gasteiger partial charge is 0.504 e. The van der Waals surface area contributed by atoms with Gasteiger partial charge in [0.25, 0.3) is 0 Å². The van der Waals surface area contributed by atoms with Crippen LogP contribution in [0.3, 0.4) is 0 Å². The summed E-state index contributed by atoms with van der Waals surface area (Å²) in [5.41, 5.74) is 0.628. The predicted octanol–water partition coefficient (Wildman–Crippen LogP) is 3.32. The molecule has 0 saturated heterocycles. The number of benzene rings is 1. The second-order valence-corrected chi connectivity index (χ2v) is 4.32. The van der Waals surface area contributed by atoms with Crippen molar-refractivity contribution in [3.05, 3.63) is 35.9 Å². The van der Waals surface area contributed by atoms with Crippen molar-refractivity contribution in [2.24, 2.45) is 0 Å². The van der Waals surface area contributed by atoms with E-state index in [1.54, 1.807) is 12.1 Å². The van der Waals surface area contributed by atoms with Crippen LogP contribution in [0.1, 0.15) is 37.7 Å². The molecule has 0 aliphatic carbocycles. The minimum absolute atomic E-state index is 0.0110. The van der Waals surface area contributed by atoms with Crippen LogP contribution in [0.2, 0.25) is 0 Å². The number of carboxylic acids is 1. The first-order valence-corrected chi connectivity index (χ1v) is 6.34. The molecule has 4 nitrogen and oxygen atoms in total. The summed E-state index contributed by atoms with van der Waals surface area (Å²) >= 11 is 0. The fourth-order valence-corrected chi connectivity index (χ4v) is 1.81. The van der Waals surface area contributed by atoms with Gasteiger partial charge in [-0.2, -0.15) is 0 Å². The van der Waals surface area contributed by atoms with Gasteiger partial charge in [-0.25, -0.2) is 0 Å². The van der Waals surface area contributed by atoms with Crippen molar-refractivity contribution < 1.29 is 19.7 Å². The summed E-state index contributed by atoms with van der Waals surface area (Å²) in [6.07, 6.45) is 6.31. The first-order valence-electron chi connectivity index (χ1n) is 6.34. The fourth-order valence-electron chi connectivity index (χ4n) is 1.81. The average Bonchev–Trinajstić information content (AvgIpc) is 2.39. The van der Waals surface area contributed by atoms with E-state index >= 15 is 0 Å². The number of unbranched alkanes of at least 4 members (excludes halogenated alkanes) is 1. The summed E-state index contributed by atoms with van der Waals surface area (Å²) in [6, 6.07) is 4.64. The van der Waals surface area contributed by atoms with Crippen molar-refractivity contribution in [3.8, 4) is 11.5 Å². The zero-order valence-electron chi connectivity index (χ0n) is 11.3. The number of rotatable bonds is 7. The van der Waals surface area contributed by atoms with E-state index < -0.39 is 11.9 Å². The van der Waals surface area contributed by atoms with Crippen LogP contribution in [0.25, 0.3) is 0 Å².